The van der Waals surface area contributed by atoms with E-state index in [9.17, 15) is 18.5 Å². The molecule has 0 amide bonds. The van der Waals surface area contributed by atoms with E-state index in [1.807, 2.05) is 20.8 Å². The van der Waals surface area contributed by atoms with E-state index < -0.39 is 14.8 Å². The lowest BCUT2D eigenvalue weighted by atomic mass is 10.1. The number of nitrogens with zero attached hydrogens (tertiary/aromatic N) is 1. The van der Waals surface area contributed by atoms with Crippen LogP contribution in [-0.4, -0.2) is 38.2 Å². The molecule has 118 valence electrons. The maximum Gasteiger partial charge on any atom is 0.293 e. The van der Waals surface area contributed by atoms with E-state index in [1.165, 1.54) is 12.1 Å². The number of benzene rings is 1. The number of hydrogen-bond acceptors (Lipinski definition) is 6. The van der Waals surface area contributed by atoms with Gasteiger partial charge in [0.15, 0.2) is 9.84 Å². The largest absolute Gasteiger partial charge is 0.378 e. The molecule has 21 heavy (non-hydrogen) atoms. The lowest BCUT2D eigenvalue weighted by Gasteiger charge is -2.20. The Morgan fingerprint density at radius 3 is 2.33 bits per heavy atom. The number of sulfone groups is 1. The smallest absolute Gasteiger partial charge is 0.293 e. The van der Waals surface area contributed by atoms with Crippen LogP contribution >= 0.6 is 0 Å². The van der Waals surface area contributed by atoms with Crippen molar-refractivity contribution in [1.82, 2.24) is 5.32 Å². The molecule has 0 spiro atoms. The third-order valence-corrected chi connectivity index (χ3v) is 3.80. The van der Waals surface area contributed by atoms with E-state index in [0.717, 1.165) is 12.3 Å². The van der Waals surface area contributed by atoms with Crippen LogP contribution in [0.15, 0.2) is 23.1 Å². The average Bonchev–Trinajstić information content (AvgIpc) is 2.32. The van der Waals surface area contributed by atoms with E-state index in [2.05, 4.69) is 10.6 Å². The summed E-state index contributed by atoms with van der Waals surface area (Å²) in [5, 5.41) is 17.2. The van der Waals surface area contributed by atoms with Crippen molar-refractivity contribution in [1.29, 1.82) is 0 Å². The topological polar surface area (TPSA) is 101 Å². The molecular formula is C13H21N3O4S. The standard InChI is InChI=1S/C13H21N3O4S/c1-13(2,3)15-8-7-14-11-6-5-10(21(4,19)20)9-12(11)16(17)18/h5-6,9,14-15H,7-8H2,1-4H3. The van der Waals surface area contributed by atoms with Crippen molar-refractivity contribution < 1.29 is 13.3 Å². The Bertz CT molecular complexity index is 621. The second-order valence-corrected chi connectivity index (χ2v) is 7.83. The molecule has 0 aliphatic heterocycles. The Hall–Kier alpha value is -1.67. The third kappa shape index (κ3) is 5.68. The van der Waals surface area contributed by atoms with E-state index in [4.69, 9.17) is 0 Å². The first-order valence-electron chi connectivity index (χ1n) is 6.48. The number of nitro benzene ring substituents is 1. The minimum absolute atomic E-state index is 0.0340. The van der Waals surface area contributed by atoms with Crippen LogP contribution in [0.25, 0.3) is 0 Å². The molecule has 0 aromatic heterocycles. The van der Waals surface area contributed by atoms with Crippen molar-refractivity contribution in [3.05, 3.63) is 28.3 Å². The van der Waals surface area contributed by atoms with Gasteiger partial charge in [0.25, 0.3) is 5.69 Å². The van der Waals surface area contributed by atoms with Crippen LogP contribution in [0.3, 0.4) is 0 Å². The van der Waals surface area contributed by atoms with Crippen LogP contribution in [0.5, 0.6) is 0 Å². The zero-order chi connectivity index (χ0) is 16.3. The van der Waals surface area contributed by atoms with Gasteiger partial charge in [-0.2, -0.15) is 0 Å². The van der Waals surface area contributed by atoms with E-state index >= 15 is 0 Å². The molecule has 0 aliphatic carbocycles. The first-order valence-corrected chi connectivity index (χ1v) is 8.37. The molecule has 1 aromatic carbocycles. The highest BCUT2D eigenvalue weighted by atomic mass is 32.2. The number of anilines is 1. The normalized spacial score (nSPS) is 12.2. The molecule has 0 unspecified atom stereocenters. The van der Waals surface area contributed by atoms with Gasteiger partial charge in [0.1, 0.15) is 5.69 Å². The summed E-state index contributed by atoms with van der Waals surface area (Å²) in [6.07, 6.45) is 1.02. The van der Waals surface area contributed by atoms with Gasteiger partial charge < -0.3 is 10.6 Å². The summed E-state index contributed by atoms with van der Waals surface area (Å²) in [4.78, 5) is 10.4. The maximum absolute atomic E-state index is 11.4. The van der Waals surface area contributed by atoms with Crippen LogP contribution < -0.4 is 10.6 Å². The number of nitro groups is 1. The number of nitrogens with one attached hydrogen (secondary N) is 2. The second kappa shape index (κ2) is 6.40. The first kappa shape index (κ1) is 17.4. The molecule has 1 rings (SSSR count). The Morgan fingerprint density at radius 2 is 1.86 bits per heavy atom. The van der Waals surface area contributed by atoms with Gasteiger partial charge in [-0.15, -0.1) is 0 Å². The van der Waals surface area contributed by atoms with Crippen LogP contribution in [0.2, 0.25) is 0 Å². The summed E-state index contributed by atoms with van der Waals surface area (Å²) in [6.45, 7) is 7.20. The summed E-state index contributed by atoms with van der Waals surface area (Å²) in [7, 11) is -3.46. The molecule has 0 radical (unpaired) electrons. The summed E-state index contributed by atoms with van der Waals surface area (Å²) >= 11 is 0. The fraction of sp³-hybridized carbons (Fsp3) is 0.538. The summed E-state index contributed by atoms with van der Waals surface area (Å²) < 4.78 is 22.9. The molecule has 8 heteroatoms. The zero-order valence-corrected chi connectivity index (χ0v) is 13.5. The lowest BCUT2D eigenvalue weighted by Crippen LogP contribution is -2.38. The predicted octanol–water partition coefficient (Wildman–Crippen LogP) is 1.80. The molecule has 1 aromatic rings. The van der Waals surface area contributed by atoms with Crippen LogP contribution in [-0.2, 0) is 9.84 Å². The molecule has 7 nitrogen and oxygen atoms in total. The van der Waals surface area contributed by atoms with Crippen LogP contribution in [0.1, 0.15) is 20.8 Å². The number of rotatable bonds is 6. The summed E-state index contributed by atoms with van der Waals surface area (Å²) in [5.74, 6) is 0. The molecule has 0 heterocycles. The van der Waals surface area contributed by atoms with E-state index in [1.54, 1.807) is 0 Å². The highest BCUT2D eigenvalue weighted by Gasteiger charge is 2.18. The maximum atomic E-state index is 11.4. The zero-order valence-electron chi connectivity index (χ0n) is 12.6. The Balaban J connectivity index is 2.86. The molecule has 0 aliphatic rings. The fourth-order valence-electron chi connectivity index (χ4n) is 1.68. The van der Waals surface area contributed by atoms with Gasteiger partial charge in [0.2, 0.25) is 0 Å². The van der Waals surface area contributed by atoms with Crippen molar-refractivity contribution in [3.63, 3.8) is 0 Å². The van der Waals surface area contributed by atoms with Crippen molar-refractivity contribution in [2.45, 2.75) is 31.2 Å². The molecule has 0 atom stereocenters. The summed E-state index contributed by atoms with van der Waals surface area (Å²) in [6, 6.07) is 3.86. The Morgan fingerprint density at radius 1 is 1.24 bits per heavy atom. The molecule has 0 saturated carbocycles. The molecular weight excluding hydrogens is 294 g/mol. The van der Waals surface area contributed by atoms with E-state index in [-0.39, 0.29) is 16.1 Å². The first-order chi connectivity index (χ1) is 9.50. The number of hydrogen-bond donors (Lipinski definition) is 2. The molecule has 0 fully saturated rings. The Kier molecular flexibility index (Phi) is 5.30. The minimum Gasteiger partial charge on any atom is -0.378 e. The quantitative estimate of drug-likeness (QED) is 0.471. The fourth-order valence-corrected chi connectivity index (χ4v) is 2.32. The highest BCUT2D eigenvalue weighted by Crippen LogP contribution is 2.27. The van der Waals surface area contributed by atoms with Gasteiger partial charge in [-0.25, -0.2) is 8.42 Å². The molecule has 2 N–H and O–H groups in total. The Labute approximate surface area is 124 Å². The van der Waals surface area contributed by atoms with Crippen molar-refractivity contribution in [2.75, 3.05) is 24.7 Å². The van der Waals surface area contributed by atoms with Gasteiger partial charge in [-0.05, 0) is 32.9 Å². The highest BCUT2D eigenvalue weighted by molar-refractivity contribution is 7.90. The average molecular weight is 315 g/mol. The molecule has 0 bridgehead atoms. The lowest BCUT2D eigenvalue weighted by molar-refractivity contribution is -0.384. The minimum atomic E-state index is -3.46. The SMILES string of the molecule is CC(C)(C)NCCNc1ccc(S(C)(=O)=O)cc1[N+](=O)[O-]. The van der Waals surface area contributed by atoms with Crippen molar-refractivity contribution in [3.8, 4) is 0 Å². The van der Waals surface area contributed by atoms with Gasteiger partial charge in [-0.3, -0.25) is 10.1 Å². The van der Waals surface area contributed by atoms with E-state index in [0.29, 0.717) is 18.8 Å². The van der Waals surface area contributed by atoms with Crippen molar-refractivity contribution in [2.24, 2.45) is 0 Å². The third-order valence-electron chi connectivity index (χ3n) is 2.69. The van der Waals surface area contributed by atoms with Gasteiger partial charge in [0.05, 0.1) is 9.82 Å². The van der Waals surface area contributed by atoms with Crippen LogP contribution in [0, 0.1) is 10.1 Å². The predicted molar refractivity (Wildman–Crippen MR) is 82.5 cm³/mol. The van der Waals surface area contributed by atoms with Crippen molar-refractivity contribution >= 4 is 21.2 Å². The van der Waals surface area contributed by atoms with Gasteiger partial charge >= 0.3 is 0 Å². The monoisotopic (exact) mass is 315 g/mol. The van der Waals surface area contributed by atoms with Crippen LogP contribution in [0.4, 0.5) is 11.4 Å². The summed E-state index contributed by atoms with van der Waals surface area (Å²) in [5.41, 5.74) is 0.0325. The second-order valence-electron chi connectivity index (χ2n) is 5.81. The van der Waals surface area contributed by atoms with Gasteiger partial charge in [-0.1, -0.05) is 0 Å². The van der Waals surface area contributed by atoms with Gasteiger partial charge in [0, 0.05) is 31.0 Å². The molecule has 0 saturated heterocycles.